The minimum Gasteiger partial charge on any atom is -0.339 e. The first-order valence-electron chi connectivity index (χ1n) is 8.15. The van der Waals surface area contributed by atoms with E-state index < -0.39 is 0 Å². The van der Waals surface area contributed by atoms with Gasteiger partial charge in [-0.25, -0.2) is 4.39 Å². The second kappa shape index (κ2) is 9.29. The van der Waals surface area contributed by atoms with E-state index in [0.29, 0.717) is 12.1 Å². The van der Waals surface area contributed by atoms with E-state index in [9.17, 15) is 9.18 Å². The van der Waals surface area contributed by atoms with Crippen molar-refractivity contribution in [3.05, 3.63) is 47.1 Å². The van der Waals surface area contributed by atoms with E-state index in [1.165, 1.54) is 10.9 Å². The molecule has 0 spiro atoms. The van der Waals surface area contributed by atoms with Crippen LogP contribution in [-0.4, -0.2) is 55.5 Å². The van der Waals surface area contributed by atoms with Crippen LogP contribution in [0.25, 0.3) is 10.4 Å². The van der Waals surface area contributed by atoms with Crippen molar-refractivity contribution >= 4 is 29.7 Å². The molecule has 0 bridgehead atoms. The Hall–Kier alpha value is -1.47. The highest BCUT2D eigenvalue weighted by molar-refractivity contribution is 7.15. The fourth-order valence-electron chi connectivity index (χ4n) is 2.91. The molecule has 1 saturated heterocycles. The summed E-state index contributed by atoms with van der Waals surface area (Å²) >= 11 is 1.64. The van der Waals surface area contributed by atoms with Crippen LogP contribution in [-0.2, 0) is 11.3 Å². The van der Waals surface area contributed by atoms with Gasteiger partial charge >= 0.3 is 0 Å². The number of hydrogen-bond donors (Lipinski definition) is 1. The number of carbonyl (C=O) groups is 1. The van der Waals surface area contributed by atoms with Crippen LogP contribution in [0.2, 0.25) is 0 Å². The summed E-state index contributed by atoms with van der Waals surface area (Å²) in [5.74, 6) is -0.0160. The lowest BCUT2D eigenvalue weighted by atomic mass is 10.2. The Morgan fingerprint density at radius 1 is 1.16 bits per heavy atom. The molecule has 1 aromatic heterocycles. The number of nitrogens with zero attached hydrogens (tertiary/aromatic N) is 2. The van der Waals surface area contributed by atoms with Crippen LogP contribution in [0, 0.1) is 5.82 Å². The van der Waals surface area contributed by atoms with E-state index in [4.69, 9.17) is 0 Å². The highest BCUT2D eigenvalue weighted by Crippen LogP contribution is 2.30. The lowest BCUT2D eigenvalue weighted by Gasteiger charge is -2.34. The van der Waals surface area contributed by atoms with Crippen LogP contribution in [0.15, 0.2) is 36.4 Å². The summed E-state index contributed by atoms with van der Waals surface area (Å²) in [4.78, 5) is 18.3. The molecule has 25 heavy (non-hydrogen) atoms. The molecule has 1 N–H and O–H groups in total. The fourth-order valence-corrected chi connectivity index (χ4v) is 3.98. The number of nitrogens with one attached hydrogen (secondary N) is 1. The molecule has 0 unspecified atom stereocenters. The topological polar surface area (TPSA) is 35.6 Å². The third-order valence-electron chi connectivity index (χ3n) is 4.23. The summed E-state index contributed by atoms with van der Waals surface area (Å²) in [6, 6.07) is 10.9. The van der Waals surface area contributed by atoms with E-state index in [1.54, 1.807) is 24.5 Å². The summed E-state index contributed by atoms with van der Waals surface area (Å²) in [5, 5.41) is 2.90. The Morgan fingerprint density at radius 2 is 1.88 bits per heavy atom. The van der Waals surface area contributed by atoms with Crippen LogP contribution in [0.4, 0.5) is 4.39 Å². The number of hydrogen-bond acceptors (Lipinski definition) is 4. The average molecular weight is 384 g/mol. The molecule has 0 saturated carbocycles. The molecule has 2 aromatic rings. The molecule has 1 aliphatic heterocycles. The Balaban J connectivity index is 0.00000225. The van der Waals surface area contributed by atoms with Gasteiger partial charge in [0, 0.05) is 48.0 Å². The Morgan fingerprint density at radius 3 is 2.56 bits per heavy atom. The molecule has 4 nitrogen and oxygen atoms in total. The zero-order valence-corrected chi connectivity index (χ0v) is 15.8. The molecule has 3 rings (SSSR count). The van der Waals surface area contributed by atoms with Crippen molar-refractivity contribution < 1.29 is 9.18 Å². The number of piperazine rings is 1. The van der Waals surface area contributed by atoms with Crippen molar-refractivity contribution in [2.45, 2.75) is 6.54 Å². The molecule has 0 aliphatic carbocycles. The molecule has 0 radical (unpaired) electrons. The summed E-state index contributed by atoms with van der Waals surface area (Å²) in [7, 11) is 1.79. The van der Waals surface area contributed by atoms with E-state index in [2.05, 4.69) is 16.3 Å². The van der Waals surface area contributed by atoms with Gasteiger partial charge in [-0.2, -0.15) is 0 Å². The van der Waals surface area contributed by atoms with Crippen molar-refractivity contribution in [3.63, 3.8) is 0 Å². The number of benzene rings is 1. The standard InChI is InChI=1S/C18H22FN3OS.ClH/c1-20-12-18(23)22-10-8-21(9-11-22)13-14-6-7-17(24-14)15-4-2-3-5-16(15)19;/h2-7,20H,8-13H2,1H3;1H. The SMILES string of the molecule is CNCC(=O)N1CCN(Cc2ccc(-c3ccccc3F)s2)CC1.Cl. The molecule has 136 valence electrons. The molecule has 1 aliphatic rings. The van der Waals surface area contributed by atoms with Gasteiger partial charge in [-0.1, -0.05) is 18.2 Å². The minimum atomic E-state index is -0.178. The second-order valence-corrected chi connectivity index (χ2v) is 7.10. The molecule has 1 aromatic carbocycles. The average Bonchev–Trinajstić information content (AvgIpc) is 3.04. The maximum atomic E-state index is 13.9. The smallest absolute Gasteiger partial charge is 0.236 e. The highest BCUT2D eigenvalue weighted by Gasteiger charge is 2.21. The van der Waals surface area contributed by atoms with E-state index in [0.717, 1.165) is 37.6 Å². The number of likely N-dealkylation sites (N-methyl/N-ethyl adjacent to an activating group) is 1. The number of halogens is 2. The van der Waals surface area contributed by atoms with Crippen LogP contribution < -0.4 is 5.32 Å². The van der Waals surface area contributed by atoms with Gasteiger partial charge in [-0.15, -0.1) is 23.7 Å². The zero-order chi connectivity index (χ0) is 16.9. The van der Waals surface area contributed by atoms with Crippen molar-refractivity contribution in [1.82, 2.24) is 15.1 Å². The number of carbonyl (C=O) groups excluding carboxylic acids is 1. The van der Waals surface area contributed by atoms with Crippen molar-refractivity contribution in [2.24, 2.45) is 0 Å². The molecular formula is C18H23ClFN3OS. The molecule has 7 heteroatoms. The van der Waals surface area contributed by atoms with Gasteiger partial charge in [0.2, 0.25) is 5.91 Å². The summed E-state index contributed by atoms with van der Waals surface area (Å²) in [6.07, 6.45) is 0. The molecule has 0 atom stereocenters. The Bertz CT molecular complexity index is 701. The predicted octanol–water partition coefficient (Wildman–Crippen LogP) is 2.84. The maximum Gasteiger partial charge on any atom is 0.236 e. The lowest BCUT2D eigenvalue weighted by molar-refractivity contribution is -0.131. The van der Waals surface area contributed by atoms with Crippen LogP contribution >= 0.6 is 23.7 Å². The first kappa shape index (κ1) is 19.8. The first-order valence-corrected chi connectivity index (χ1v) is 8.97. The largest absolute Gasteiger partial charge is 0.339 e. The zero-order valence-electron chi connectivity index (χ0n) is 14.2. The number of amides is 1. The van der Waals surface area contributed by atoms with Gasteiger partial charge in [0.1, 0.15) is 5.82 Å². The van der Waals surface area contributed by atoms with Gasteiger partial charge in [0.25, 0.3) is 0 Å². The third-order valence-corrected chi connectivity index (χ3v) is 5.34. The number of rotatable bonds is 5. The molecule has 1 amide bonds. The summed E-state index contributed by atoms with van der Waals surface area (Å²) in [6.45, 7) is 4.55. The normalized spacial score (nSPS) is 15.0. The van der Waals surface area contributed by atoms with E-state index in [-0.39, 0.29) is 24.1 Å². The van der Waals surface area contributed by atoms with Crippen molar-refractivity contribution in [3.8, 4) is 10.4 Å². The fraction of sp³-hybridized carbons (Fsp3) is 0.389. The maximum absolute atomic E-state index is 13.9. The highest BCUT2D eigenvalue weighted by atomic mass is 35.5. The minimum absolute atomic E-state index is 0. The van der Waals surface area contributed by atoms with E-state index >= 15 is 0 Å². The third kappa shape index (κ3) is 5.01. The Kier molecular flexibility index (Phi) is 7.38. The van der Waals surface area contributed by atoms with Crippen LogP contribution in [0.1, 0.15) is 4.88 Å². The van der Waals surface area contributed by atoms with Crippen molar-refractivity contribution in [1.29, 1.82) is 0 Å². The summed E-state index contributed by atoms with van der Waals surface area (Å²) < 4.78 is 13.9. The van der Waals surface area contributed by atoms with Gasteiger partial charge in [0.15, 0.2) is 0 Å². The monoisotopic (exact) mass is 383 g/mol. The van der Waals surface area contributed by atoms with Gasteiger partial charge in [-0.3, -0.25) is 9.69 Å². The number of thiophene rings is 1. The molecule has 2 heterocycles. The van der Waals surface area contributed by atoms with Crippen molar-refractivity contribution in [2.75, 3.05) is 39.8 Å². The van der Waals surface area contributed by atoms with Gasteiger partial charge in [0.05, 0.1) is 6.54 Å². The Labute approximate surface area is 158 Å². The predicted molar refractivity (Wildman–Crippen MR) is 103 cm³/mol. The quantitative estimate of drug-likeness (QED) is 0.862. The van der Waals surface area contributed by atoms with Gasteiger partial charge < -0.3 is 10.2 Å². The van der Waals surface area contributed by atoms with E-state index in [1.807, 2.05) is 23.1 Å². The summed E-state index contributed by atoms with van der Waals surface area (Å²) in [5.41, 5.74) is 0.663. The lowest BCUT2D eigenvalue weighted by Crippen LogP contribution is -2.50. The first-order chi connectivity index (χ1) is 11.7. The van der Waals surface area contributed by atoms with Crippen LogP contribution in [0.5, 0.6) is 0 Å². The second-order valence-electron chi connectivity index (χ2n) is 5.93. The molecular weight excluding hydrogens is 361 g/mol. The molecule has 1 fully saturated rings. The van der Waals surface area contributed by atoms with Crippen LogP contribution in [0.3, 0.4) is 0 Å². The van der Waals surface area contributed by atoms with Gasteiger partial charge in [-0.05, 0) is 25.2 Å².